The van der Waals surface area contributed by atoms with Gasteiger partial charge in [0.2, 0.25) is 0 Å². The largest absolute Gasteiger partial charge is 0.493 e. The van der Waals surface area contributed by atoms with Crippen LogP contribution in [0, 0.1) is 29.6 Å². The van der Waals surface area contributed by atoms with Crippen LogP contribution in [-0.2, 0) is 35.1 Å². The molecule has 1 saturated carbocycles. The first-order valence-electron chi connectivity index (χ1n) is 20.4. The van der Waals surface area contributed by atoms with Crippen molar-refractivity contribution in [3.05, 3.63) is 46.2 Å². The number of hydrogen-bond acceptors (Lipinski definition) is 11. The fourth-order valence-electron chi connectivity index (χ4n) is 8.01. The van der Waals surface area contributed by atoms with Gasteiger partial charge < -0.3 is 28.6 Å². The van der Waals surface area contributed by atoms with Crippen LogP contribution in [0.1, 0.15) is 105 Å². The van der Waals surface area contributed by atoms with Gasteiger partial charge in [-0.3, -0.25) is 19.4 Å². The van der Waals surface area contributed by atoms with Gasteiger partial charge in [0, 0.05) is 72.7 Å². The van der Waals surface area contributed by atoms with Crippen molar-refractivity contribution in [2.45, 2.75) is 123 Å². The van der Waals surface area contributed by atoms with Crippen LogP contribution in [0.2, 0.25) is 10.0 Å². The molecule has 0 amide bonds. The van der Waals surface area contributed by atoms with Crippen LogP contribution in [0.15, 0.2) is 30.6 Å². The highest BCUT2D eigenvalue weighted by Crippen LogP contribution is 2.38. The normalized spacial score (nSPS) is 17.4. The summed E-state index contributed by atoms with van der Waals surface area (Å²) >= 11 is 14.9. The summed E-state index contributed by atoms with van der Waals surface area (Å²) in [7, 11) is 4.72. The lowest BCUT2D eigenvalue weighted by Crippen LogP contribution is -2.38. The highest BCUT2D eigenvalue weighted by Gasteiger charge is 2.36. The number of halogens is 2. The molecule has 1 heterocycles. The number of Topliss-reactive ketones (excluding diaryl/α,β-unsaturated/α-hetero) is 1. The third-order valence-corrected chi connectivity index (χ3v) is 13.6. The van der Waals surface area contributed by atoms with E-state index in [1.807, 2.05) is 52.8 Å². The van der Waals surface area contributed by atoms with Gasteiger partial charge in [-0.1, -0.05) is 57.8 Å². The summed E-state index contributed by atoms with van der Waals surface area (Å²) < 4.78 is 28.5. The minimum absolute atomic E-state index is 0.130. The summed E-state index contributed by atoms with van der Waals surface area (Å²) in [5, 5.41) is 0.758. The first-order chi connectivity index (χ1) is 27.1. The molecule has 0 spiro atoms. The zero-order valence-corrected chi connectivity index (χ0v) is 38.1. The second-order valence-electron chi connectivity index (χ2n) is 16.1. The van der Waals surface area contributed by atoms with Crippen molar-refractivity contribution < 1.29 is 38.1 Å². The van der Waals surface area contributed by atoms with Crippen molar-refractivity contribution in [2.24, 2.45) is 29.6 Å². The number of ketones is 1. The van der Waals surface area contributed by atoms with Gasteiger partial charge in [-0.15, -0.1) is 0 Å². The van der Waals surface area contributed by atoms with Gasteiger partial charge in [0.1, 0.15) is 5.78 Å². The molecule has 7 unspecified atom stereocenters. The van der Waals surface area contributed by atoms with Crippen molar-refractivity contribution in [1.82, 2.24) is 4.98 Å². The summed E-state index contributed by atoms with van der Waals surface area (Å²) in [4.78, 5) is 45.5. The third kappa shape index (κ3) is 14.8. The van der Waals surface area contributed by atoms with Crippen molar-refractivity contribution >= 4 is 58.4 Å². The second-order valence-corrected chi connectivity index (χ2v) is 18.2. The predicted molar refractivity (Wildman–Crippen MR) is 231 cm³/mol. The number of pyridine rings is 1. The zero-order valence-electron chi connectivity index (χ0n) is 35.7. The average molecular weight is 854 g/mol. The number of carbonyl (C=O) groups is 3. The smallest absolute Gasteiger partial charge is 0.308 e. The molecule has 1 aromatic heterocycles. The molecule has 0 N–H and O–H groups in total. The molecule has 1 aliphatic carbocycles. The minimum Gasteiger partial charge on any atom is -0.493 e. The van der Waals surface area contributed by atoms with E-state index >= 15 is 0 Å². The molecule has 0 radical (unpaired) electrons. The molecule has 7 atom stereocenters. The molecule has 1 aromatic carbocycles. The molecule has 13 heteroatoms. The summed E-state index contributed by atoms with van der Waals surface area (Å²) in [5.41, 5.74) is 1.11. The Morgan fingerprint density at radius 2 is 1.63 bits per heavy atom. The van der Waals surface area contributed by atoms with Gasteiger partial charge >= 0.3 is 11.9 Å². The van der Waals surface area contributed by atoms with E-state index in [4.69, 9.17) is 46.9 Å². The number of methoxy groups -OCH3 is 3. The Morgan fingerprint density at radius 3 is 2.23 bits per heavy atom. The van der Waals surface area contributed by atoms with E-state index in [2.05, 4.69) is 23.7 Å². The number of thioether (sulfide) groups is 1. The maximum absolute atomic E-state index is 14.1. The van der Waals surface area contributed by atoms with Gasteiger partial charge in [0.15, 0.2) is 11.5 Å². The Morgan fingerprint density at radius 1 is 0.965 bits per heavy atom. The number of hydrogen-bond donors (Lipinski definition) is 0. The average Bonchev–Trinajstić information content (AvgIpc) is 3.70. The topological polar surface area (TPSA) is 113 Å². The Kier molecular flexibility index (Phi) is 20.3. The Bertz CT molecular complexity index is 1570. The Balaban J connectivity index is 1.78. The van der Waals surface area contributed by atoms with Gasteiger partial charge in [0.25, 0.3) is 0 Å². The first-order valence-corrected chi connectivity index (χ1v) is 22.2. The number of ether oxygens (including phenoxy) is 5. The zero-order chi connectivity index (χ0) is 42.3. The summed E-state index contributed by atoms with van der Waals surface area (Å²) in [6, 6.07) is 5.93. The van der Waals surface area contributed by atoms with E-state index in [-0.39, 0.29) is 65.1 Å². The predicted octanol–water partition coefficient (Wildman–Crippen LogP) is 10.3. The quantitative estimate of drug-likeness (QED) is 0.0890. The molecule has 1 fully saturated rings. The molecule has 0 aliphatic heterocycles. The van der Waals surface area contributed by atoms with E-state index in [0.717, 1.165) is 36.9 Å². The number of rotatable bonds is 25. The van der Waals surface area contributed by atoms with E-state index in [1.165, 1.54) is 7.11 Å². The Hall–Kier alpha value is -2.73. The van der Waals surface area contributed by atoms with Crippen LogP contribution < -0.4 is 14.4 Å². The molecule has 0 bridgehead atoms. The van der Waals surface area contributed by atoms with E-state index in [1.54, 1.807) is 38.4 Å². The molecule has 320 valence electrons. The molecule has 10 nitrogen and oxygen atoms in total. The summed E-state index contributed by atoms with van der Waals surface area (Å²) in [6.07, 6.45) is 9.73. The number of aromatic nitrogens is 1. The fraction of sp³-hybridized carbons (Fsp3) is 0.682. The van der Waals surface area contributed by atoms with Crippen molar-refractivity contribution in [2.75, 3.05) is 45.1 Å². The number of carbonyl (C=O) groups excluding carboxylic acids is 3. The lowest BCUT2D eigenvalue weighted by molar-refractivity contribution is -0.148. The molecular formula is C44H66Cl2N2O8S. The van der Waals surface area contributed by atoms with Crippen molar-refractivity contribution in [1.29, 1.82) is 0 Å². The van der Waals surface area contributed by atoms with Gasteiger partial charge in [0.05, 0.1) is 54.9 Å². The molecule has 1 aliphatic rings. The highest BCUT2D eigenvalue weighted by molar-refractivity contribution is 7.99. The molecule has 0 saturated heterocycles. The fourth-order valence-corrected chi connectivity index (χ4v) is 9.92. The number of esters is 2. The van der Waals surface area contributed by atoms with E-state index < -0.39 is 5.60 Å². The minimum atomic E-state index is -0.556. The standard InChI is InChI=1S/C44H66Cl2N2O8S/c1-11-55-43(51)29(3)20-28(2)23-44(7,54-10)24-30(4)42(50)32(6)31(5)40(22-41(49)53-9)57-19-18-48(27-35-36(45)25-47-26-37(35)46)33-16-17-38(52-8)39(21-33)56-34-14-12-13-15-34/h16-17,21,25-26,28-32,34,40H,11-15,18-20,22-24,27H2,1-10H3. The maximum atomic E-state index is 14.1. The number of benzene rings is 1. The van der Waals surface area contributed by atoms with Crippen molar-refractivity contribution in [3.63, 3.8) is 0 Å². The van der Waals surface area contributed by atoms with Crippen molar-refractivity contribution in [3.8, 4) is 11.5 Å². The summed E-state index contributed by atoms with van der Waals surface area (Å²) in [6.45, 7) is 15.2. The lowest BCUT2D eigenvalue weighted by Gasteiger charge is -2.35. The van der Waals surface area contributed by atoms with Crippen LogP contribution >= 0.6 is 35.0 Å². The maximum Gasteiger partial charge on any atom is 0.308 e. The van der Waals surface area contributed by atoms with Gasteiger partial charge in [-0.05, 0) is 82.8 Å². The van der Waals surface area contributed by atoms with Crippen LogP contribution in [0.25, 0.3) is 0 Å². The highest BCUT2D eigenvalue weighted by atomic mass is 35.5. The Labute approximate surface area is 355 Å². The van der Waals surface area contributed by atoms with Crippen LogP contribution in [-0.4, -0.2) is 79.9 Å². The van der Waals surface area contributed by atoms with Gasteiger partial charge in [-0.25, -0.2) is 0 Å². The van der Waals surface area contributed by atoms with Crippen LogP contribution in [0.5, 0.6) is 11.5 Å². The molecule has 57 heavy (non-hydrogen) atoms. The van der Waals surface area contributed by atoms with Crippen LogP contribution in [0.4, 0.5) is 5.69 Å². The van der Waals surface area contributed by atoms with E-state index in [0.29, 0.717) is 66.3 Å². The summed E-state index contributed by atoms with van der Waals surface area (Å²) in [5.74, 6) is 0.841. The lowest BCUT2D eigenvalue weighted by atomic mass is 9.77. The molecule has 2 aromatic rings. The monoisotopic (exact) mass is 852 g/mol. The third-order valence-electron chi connectivity index (χ3n) is 11.5. The van der Waals surface area contributed by atoms with Gasteiger partial charge in [-0.2, -0.15) is 11.8 Å². The van der Waals surface area contributed by atoms with Crippen LogP contribution in [0.3, 0.4) is 0 Å². The van der Waals surface area contributed by atoms with E-state index in [9.17, 15) is 14.4 Å². The number of anilines is 1. The first kappa shape index (κ1) is 48.6. The molecular weight excluding hydrogens is 787 g/mol. The molecule has 3 rings (SSSR count). The SMILES string of the molecule is CCOC(=O)C(C)CC(C)CC(C)(CC(C)C(=O)C(C)C(C)C(CC(=O)OC)SCCN(Cc1c(Cl)cncc1Cl)c1ccc(OC)c(OC2CCCC2)c1)OC. The second kappa shape index (κ2) is 23.8. The number of nitrogens with zero attached hydrogens (tertiary/aromatic N) is 2.